The number of ether oxygens (including phenoxy) is 1. The van der Waals surface area contributed by atoms with Crippen molar-refractivity contribution in [1.29, 1.82) is 0 Å². The van der Waals surface area contributed by atoms with Crippen LogP contribution >= 0.6 is 11.3 Å². The van der Waals surface area contributed by atoms with Crippen LogP contribution in [0, 0.1) is 10.1 Å². The van der Waals surface area contributed by atoms with Crippen molar-refractivity contribution < 1.29 is 9.66 Å². The number of nitro groups is 1. The van der Waals surface area contributed by atoms with Crippen LogP contribution in [0.25, 0.3) is 10.2 Å². The van der Waals surface area contributed by atoms with Crippen molar-refractivity contribution in [2.75, 3.05) is 36.6 Å². The number of thiazole rings is 1. The number of hydrogen-bond acceptors (Lipinski definition) is 8. The lowest BCUT2D eigenvalue weighted by Crippen LogP contribution is -2.36. The molecule has 0 atom stereocenters. The highest BCUT2D eigenvalue weighted by atomic mass is 32.1. The molecule has 0 amide bonds. The molecule has 0 spiro atoms. The lowest BCUT2D eigenvalue weighted by atomic mass is 10.1. The summed E-state index contributed by atoms with van der Waals surface area (Å²) in [5.74, 6) is 0. The molecule has 9 heteroatoms. The van der Waals surface area contributed by atoms with Crippen molar-refractivity contribution in [2.24, 2.45) is 5.10 Å². The minimum absolute atomic E-state index is 0.0702. The maximum Gasteiger partial charge on any atom is 0.293 e. The van der Waals surface area contributed by atoms with Crippen LogP contribution in [0.3, 0.4) is 0 Å². The third kappa shape index (κ3) is 3.88. The molecule has 1 aromatic heterocycles. The van der Waals surface area contributed by atoms with E-state index in [0.29, 0.717) is 42.7 Å². The molecule has 2 aromatic carbocycles. The van der Waals surface area contributed by atoms with Crippen molar-refractivity contribution in [2.45, 2.75) is 0 Å². The van der Waals surface area contributed by atoms with Gasteiger partial charge in [0.1, 0.15) is 5.69 Å². The molecule has 4 rings (SSSR count). The molecule has 138 valence electrons. The van der Waals surface area contributed by atoms with Gasteiger partial charge in [0.25, 0.3) is 5.69 Å². The van der Waals surface area contributed by atoms with Crippen molar-refractivity contribution in [1.82, 2.24) is 4.98 Å². The van der Waals surface area contributed by atoms with Gasteiger partial charge in [0, 0.05) is 24.7 Å². The Balaban J connectivity index is 1.51. The molecule has 0 aliphatic carbocycles. The summed E-state index contributed by atoms with van der Waals surface area (Å²) in [5.41, 5.74) is 5.12. The average molecular weight is 383 g/mol. The van der Waals surface area contributed by atoms with E-state index in [0.717, 1.165) is 10.2 Å². The fraction of sp³-hybridized carbons (Fsp3) is 0.222. The van der Waals surface area contributed by atoms with Gasteiger partial charge in [-0.1, -0.05) is 29.5 Å². The Morgan fingerprint density at radius 3 is 2.85 bits per heavy atom. The number of para-hydroxylation sites is 1. The van der Waals surface area contributed by atoms with E-state index in [1.165, 1.54) is 17.4 Å². The van der Waals surface area contributed by atoms with Gasteiger partial charge in [0.2, 0.25) is 5.13 Å². The zero-order valence-electron chi connectivity index (χ0n) is 14.4. The second-order valence-electron chi connectivity index (χ2n) is 5.96. The van der Waals surface area contributed by atoms with Crippen LogP contribution in [0.4, 0.5) is 16.5 Å². The molecule has 1 fully saturated rings. The molecule has 1 aliphatic heterocycles. The Morgan fingerprint density at radius 2 is 2.07 bits per heavy atom. The highest BCUT2D eigenvalue weighted by Gasteiger charge is 2.21. The van der Waals surface area contributed by atoms with E-state index in [1.807, 2.05) is 35.2 Å². The molecule has 27 heavy (non-hydrogen) atoms. The number of hydrogen-bond donors (Lipinski definition) is 1. The smallest absolute Gasteiger partial charge is 0.293 e. The number of anilines is 2. The Hall–Kier alpha value is -3.04. The Kier molecular flexibility index (Phi) is 4.95. The Labute approximate surface area is 159 Å². The SMILES string of the molecule is O=[N+]([O-])c1cc(/C=N/Nc2nc3ccccc3s2)ccc1N1CCOCC1. The summed E-state index contributed by atoms with van der Waals surface area (Å²) in [4.78, 5) is 17.5. The van der Waals surface area contributed by atoms with Crippen molar-refractivity contribution >= 4 is 44.3 Å². The molecule has 0 saturated carbocycles. The number of nitrogens with one attached hydrogen (secondary N) is 1. The third-order valence-corrected chi connectivity index (χ3v) is 5.16. The second kappa shape index (κ2) is 7.68. The molecule has 2 heterocycles. The van der Waals surface area contributed by atoms with Crippen LogP contribution < -0.4 is 10.3 Å². The summed E-state index contributed by atoms with van der Waals surface area (Å²) in [5, 5.41) is 16.3. The van der Waals surface area contributed by atoms with Gasteiger partial charge in [-0.3, -0.25) is 15.5 Å². The minimum atomic E-state index is -0.358. The van der Waals surface area contributed by atoms with Crippen LogP contribution in [0.2, 0.25) is 0 Å². The van der Waals surface area contributed by atoms with Crippen molar-refractivity contribution in [3.05, 3.63) is 58.1 Å². The maximum atomic E-state index is 11.5. The van der Waals surface area contributed by atoms with Gasteiger partial charge in [0.15, 0.2) is 0 Å². The number of nitro benzene ring substituents is 1. The van der Waals surface area contributed by atoms with Crippen LogP contribution in [0.15, 0.2) is 47.6 Å². The molecule has 0 bridgehead atoms. The van der Waals surface area contributed by atoms with Gasteiger partial charge >= 0.3 is 0 Å². The first-order valence-corrected chi connectivity index (χ1v) is 9.28. The first-order chi connectivity index (χ1) is 13.2. The minimum Gasteiger partial charge on any atom is -0.378 e. The zero-order chi connectivity index (χ0) is 18.6. The van der Waals surface area contributed by atoms with Gasteiger partial charge < -0.3 is 9.64 Å². The monoisotopic (exact) mass is 383 g/mol. The molecule has 8 nitrogen and oxygen atoms in total. The summed E-state index contributed by atoms with van der Waals surface area (Å²) in [6.45, 7) is 2.44. The molecule has 3 aromatic rings. The molecule has 1 saturated heterocycles. The molecule has 0 unspecified atom stereocenters. The van der Waals surface area contributed by atoms with Crippen LogP contribution in [-0.2, 0) is 4.74 Å². The number of rotatable bonds is 5. The quantitative estimate of drug-likeness (QED) is 0.412. The molecule has 1 aliphatic rings. The topological polar surface area (TPSA) is 92.9 Å². The van der Waals surface area contributed by atoms with Crippen LogP contribution in [0.5, 0.6) is 0 Å². The second-order valence-corrected chi connectivity index (χ2v) is 6.99. The number of morpholine rings is 1. The summed E-state index contributed by atoms with van der Waals surface area (Å²) < 4.78 is 6.39. The summed E-state index contributed by atoms with van der Waals surface area (Å²) >= 11 is 1.50. The first kappa shape index (κ1) is 17.4. The Morgan fingerprint density at radius 1 is 1.26 bits per heavy atom. The van der Waals surface area contributed by atoms with Gasteiger partial charge in [-0.05, 0) is 18.2 Å². The average Bonchev–Trinajstić information content (AvgIpc) is 3.11. The molecular formula is C18H17N5O3S. The number of benzene rings is 2. The Bertz CT molecular complexity index is 965. The van der Waals surface area contributed by atoms with E-state index in [9.17, 15) is 10.1 Å². The highest BCUT2D eigenvalue weighted by Crippen LogP contribution is 2.29. The van der Waals surface area contributed by atoms with E-state index in [2.05, 4.69) is 15.5 Å². The maximum absolute atomic E-state index is 11.5. The number of nitrogens with zero attached hydrogens (tertiary/aromatic N) is 4. The van der Waals surface area contributed by atoms with Gasteiger partial charge in [-0.15, -0.1) is 0 Å². The van der Waals surface area contributed by atoms with Crippen molar-refractivity contribution in [3.8, 4) is 0 Å². The van der Waals surface area contributed by atoms with E-state index in [4.69, 9.17) is 4.74 Å². The van der Waals surface area contributed by atoms with Gasteiger partial charge in [-0.2, -0.15) is 5.10 Å². The largest absolute Gasteiger partial charge is 0.378 e. The van der Waals surface area contributed by atoms with E-state index >= 15 is 0 Å². The summed E-state index contributed by atoms with van der Waals surface area (Å²) in [6.07, 6.45) is 1.56. The fourth-order valence-electron chi connectivity index (χ4n) is 2.92. The van der Waals surface area contributed by atoms with E-state index in [-0.39, 0.29) is 10.6 Å². The molecular weight excluding hydrogens is 366 g/mol. The number of aromatic nitrogens is 1. The lowest BCUT2D eigenvalue weighted by Gasteiger charge is -2.28. The predicted octanol–water partition coefficient (Wildman–Crippen LogP) is 3.49. The number of hydrazone groups is 1. The van der Waals surface area contributed by atoms with Crippen molar-refractivity contribution in [3.63, 3.8) is 0 Å². The fourth-order valence-corrected chi connectivity index (χ4v) is 3.74. The third-order valence-electron chi connectivity index (χ3n) is 4.22. The van der Waals surface area contributed by atoms with E-state index < -0.39 is 0 Å². The van der Waals surface area contributed by atoms with Gasteiger partial charge in [-0.25, -0.2) is 4.98 Å². The normalized spacial score (nSPS) is 14.7. The summed E-state index contributed by atoms with van der Waals surface area (Å²) in [6, 6.07) is 13.0. The standard InChI is InChI=1S/C18H17N5O3S/c24-23(25)16-11-13(5-6-15(16)22-7-9-26-10-8-22)12-19-21-18-20-14-3-1-2-4-17(14)27-18/h1-6,11-12H,7-10H2,(H,20,21)/b19-12+. The summed E-state index contributed by atoms with van der Waals surface area (Å²) in [7, 11) is 0. The van der Waals surface area contributed by atoms with Crippen LogP contribution in [-0.4, -0.2) is 42.4 Å². The van der Waals surface area contributed by atoms with Crippen LogP contribution in [0.1, 0.15) is 5.56 Å². The molecule has 0 radical (unpaired) electrons. The highest BCUT2D eigenvalue weighted by molar-refractivity contribution is 7.22. The first-order valence-electron chi connectivity index (χ1n) is 8.46. The molecule has 1 N–H and O–H groups in total. The van der Waals surface area contributed by atoms with Gasteiger partial charge in [0.05, 0.1) is 34.6 Å². The lowest BCUT2D eigenvalue weighted by molar-refractivity contribution is -0.384. The van der Waals surface area contributed by atoms with E-state index in [1.54, 1.807) is 12.3 Å². The number of fused-ring (bicyclic) bond motifs is 1. The predicted molar refractivity (Wildman–Crippen MR) is 107 cm³/mol. The zero-order valence-corrected chi connectivity index (χ0v) is 15.2.